The number of hydrogen-bond acceptors (Lipinski definition) is 3. The highest BCUT2D eigenvalue weighted by Crippen LogP contribution is 2.15. The van der Waals surface area contributed by atoms with Gasteiger partial charge in [-0.15, -0.1) is 0 Å². The maximum absolute atomic E-state index is 12.2. The van der Waals surface area contributed by atoms with Gasteiger partial charge in [0.2, 0.25) is 5.91 Å². The van der Waals surface area contributed by atoms with Crippen LogP contribution in [-0.2, 0) is 9.59 Å². The van der Waals surface area contributed by atoms with Gasteiger partial charge in [-0.2, -0.15) is 5.26 Å². The fourth-order valence-corrected chi connectivity index (χ4v) is 2.10. The van der Waals surface area contributed by atoms with E-state index < -0.39 is 5.91 Å². The van der Waals surface area contributed by atoms with E-state index in [0.29, 0.717) is 16.9 Å². The van der Waals surface area contributed by atoms with Crippen molar-refractivity contribution in [3.05, 3.63) is 65.2 Å². The van der Waals surface area contributed by atoms with Crippen LogP contribution in [0.1, 0.15) is 18.1 Å². The highest BCUT2D eigenvalue weighted by atomic mass is 16.2. The Morgan fingerprint density at radius 3 is 2.33 bits per heavy atom. The van der Waals surface area contributed by atoms with Crippen LogP contribution < -0.4 is 10.6 Å². The number of carbonyl (C=O) groups is 2. The van der Waals surface area contributed by atoms with Crippen LogP contribution in [0.15, 0.2) is 54.1 Å². The Hall–Kier alpha value is -3.39. The van der Waals surface area contributed by atoms with Crippen molar-refractivity contribution in [3.8, 4) is 6.07 Å². The Morgan fingerprint density at radius 2 is 1.75 bits per heavy atom. The average molecular weight is 319 g/mol. The number of benzene rings is 2. The summed E-state index contributed by atoms with van der Waals surface area (Å²) in [6.45, 7) is 3.35. The lowest BCUT2D eigenvalue weighted by Gasteiger charge is -2.05. The van der Waals surface area contributed by atoms with Crippen molar-refractivity contribution in [1.29, 1.82) is 5.26 Å². The van der Waals surface area contributed by atoms with Crippen molar-refractivity contribution in [3.63, 3.8) is 0 Å². The van der Waals surface area contributed by atoms with Crippen LogP contribution in [0.4, 0.5) is 11.4 Å². The third-order valence-corrected chi connectivity index (χ3v) is 3.18. The fraction of sp³-hybridized carbons (Fsp3) is 0.105. The highest BCUT2D eigenvalue weighted by Gasteiger charge is 2.09. The van der Waals surface area contributed by atoms with Gasteiger partial charge < -0.3 is 10.6 Å². The van der Waals surface area contributed by atoms with E-state index in [1.54, 1.807) is 30.3 Å². The molecule has 0 unspecified atom stereocenters. The SMILES string of the molecule is CC(=O)Nc1ccc(/C=C(\C#N)C(=O)Nc2cccc(C)c2)cc1. The standard InChI is InChI=1S/C19H17N3O2/c1-13-4-3-5-18(10-13)22-19(24)16(12-20)11-15-6-8-17(9-7-15)21-14(2)23/h3-11H,1-2H3,(H,21,23)(H,22,24)/b16-11+. The molecule has 2 aromatic carbocycles. The number of nitrogens with one attached hydrogen (secondary N) is 2. The summed E-state index contributed by atoms with van der Waals surface area (Å²) in [5, 5.41) is 14.6. The third-order valence-electron chi connectivity index (χ3n) is 3.18. The van der Waals surface area contributed by atoms with Crippen LogP contribution in [0.25, 0.3) is 6.08 Å². The van der Waals surface area contributed by atoms with Crippen molar-refractivity contribution in [1.82, 2.24) is 0 Å². The van der Waals surface area contributed by atoms with E-state index in [0.717, 1.165) is 5.56 Å². The average Bonchev–Trinajstić information content (AvgIpc) is 2.53. The van der Waals surface area contributed by atoms with Crippen molar-refractivity contribution in [2.45, 2.75) is 13.8 Å². The molecular formula is C19H17N3O2. The minimum Gasteiger partial charge on any atom is -0.326 e. The Bertz CT molecular complexity index is 830. The van der Waals surface area contributed by atoms with Crippen molar-refractivity contribution < 1.29 is 9.59 Å². The van der Waals surface area contributed by atoms with Gasteiger partial charge in [-0.25, -0.2) is 0 Å². The number of amides is 2. The van der Waals surface area contributed by atoms with Gasteiger partial charge in [0.1, 0.15) is 11.6 Å². The molecule has 120 valence electrons. The molecule has 0 heterocycles. The molecule has 0 aliphatic rings. The predicted octanol–water partition coefficient (Wildman–Crippen LogP) is 3.50. The summed E-state index contributed by atoms with van der Waals surface area (Å²) in [6.07, 6.45) is 1.50. The van der Waals surface area contributed by atoms with Crippen LogP contribution in [0.5, 0.6) is 0 Å². The molecule has 5 nitrogen and oxygen atoms in total. The second-order valence-corrected chi connectivity index (χ2v) is 5.30. The molecule has 0 fully saturated rings. The van der Waals surface area contributed by atoms with Crippen LogP contribution >= 0.6 is 0 Å². The number of nitrogens with zero attached hydrogens (tertiary/aromatic N) is 1. The quantitative estimate of drug-likeness (QED) is 0.668. The largest absolute Gasteiger partial charge is 0.326 e. The molecule has 2 N–H and O–H groups in total. The zero-order valence-corrected chi connectivity index (χ0v) is 13.5. The molecule has 0 aliphatic heterocycles. The number of carbonyl (C=O) groups excluding carboxylic acids is 2. The van der Waals surface area contributed by atoms with Crippen molar-refractivity contribution >= 4 is 29.3 Å². The van der Waals surface area contributed by atoms with E-state index in [4.69, 9.17) is 0 Å². The smallest absolute Gasteiger partial charge is 0.266 e. The van der Waals surface area contributed by atoms with Gasteiger partial charge in [-0.3, -0.25) is 9.59 Å². The molecule has 2 aromatic rings. The second kappa shape index (κ2) is 7.75. The molecule has 5 heteroatoms. The first-order valence-electron chi connectivity index (χ1n) is 7.35. The molecule has 2 rings (SSSR count). The predicted molar refractivity (Wildman–Crippen MR) is 94.1 cm³/mol. The summed E-state index contributed by atoms with van der Waals surface area (Å²) >= 11 is 0. The highest BCUT2D eigenvalue weighted by molar-refractivity contribution is 6.09. The lowest BCUT2D eigenvalue weighted by molar-refractivity contribution is -0.114. The van der Waals surface area contributed by atoms with E-state index in [9.17, 15) is 14.9 Å². The summed E-state index contributed by atoms with van der Waals surface area (Å²) in [7, 11) is 0. The zero-order chi connectivity index (χ0) is 17.5. The van der Waals surface area contributed by atoms with Crippen LogP contribution in [0.3, 0.4) is 0 Å². The number of rotatable bonds is 4. The number of nitriles is 1. The lowest BCUT2D eigenvalue weighted by atomic mass is 10.1. The normalized spacial score (nSPS) is 10.6. The second-order valence-electron chi connectivity index (χ2n) is 5.30. The summed E-state index contributed by atoms with van der Waals surface area (Å²) in [5.41, 5.74) is 3.01. The van der Waals surface area contributed by atoms with Gasteiger partial charge >= 0.3 is 0 Å². The Kier molecular flexibility index (Phi) is 5.48. The first-order valence-corrected chi connectivity index (χ1v) is 7.35. The Morgan fingerprint density at radius 1 is 1.04 bits per heavy atom. The van der Waals surface area contributed by atoms with Gasteiger partial charge in [0, 0.05) is 18.3 Å². The van der Waals surface area contributed by atoms with Gasteiger partial charge in [0.25, 0.3) is 5.91 Å². The molecule has 0 radical (unpaired) electrons. The summed E-state index contributed by atoms with van der Waals surface area (Å²) in [4.78, 5) is 23.2. The van der Waals surface area contributed by atoms with E-state index in [1.807, 2.05) is 31.2 Å². The molecule has 0 aromatic heterocycles. The first kappa shape index (κ1) is 17.0. The minimum absolute atomic E-state index is 0.00350. The Labute approximate surface area is 140 Å². The maximum Gasteiger partial charge on any atom is 0.266 e. The molecular weight excluding hydrogens is 302 g/mol. The van der Waals surface area contributed by atoms with Crippen LogP contribution in [0, 0.1) is 18.3 Å². The van der Waals surface area contributed by atoms with E-state index in [1.165, 1.54) is 13.0 Å². The fourth-order valence-electron chi connectivity index (χ4n) is 2.10. The molecule has 2 amide bonds. The molecule has 0 bridgehead atoms. The Balaban J connectivity index is 2.15. The van der Waals surface area contributed by atoms with Gasteiger partial charge in [0.15, 0.2) is 0 Å². The minimum atomic E-state index is -0.464. The van der Waals surface area contributed by atoms with Crippen molar-refractivity contribution in [2.24, 2.45) is 0 Å². The van der Waals surface area contributed by atoms with Crippen LogP contribution in [-0.4, -0.2) is 11.8 Å². The number of anilines is 2. The number of hydrogen-bond donors (Lipinski definition) is 2. The molecule has 0 saturated carbocycles. The molecule has 24 heavy (non-hydrogen) atoms. The lowest BCUT2D eigenvalue weighted by Crippen LogP contribution is -2.13. The molecule has 0 atom stereocenters. The molecule has 0 aliphatic carbocycles. The van der Waals surface area contributed by atoms with E-state index in [2.05, 4.69) is 10.6 Å². The monoisotopic (exact) mass is 319 g/mol. The molecule has 0 saturated heterocycles. The molecule has 0 spiro atoms. The summed E-state index contributed by atoms with van der Waals surface area (Å²) in [6, 6.07) is 16.1. The number of aryl methyl sites for hydroxylation is 1. The van der Waals surface area contributed by atoms with Gasteiger partial charge in [-0.1, -0.05) is 24.3 Å². The van der Waals surface area contributed by atoms with Gasteiger partial charge in [0.05, 0.1) is 0 Å². The third kappa shape index (κ3) is 4.82. The van der Waals surface area contributed by atoms with E-state index in [-0.39, 0.29) is 11.5 Å². The zero-order valence-electron chi connectivity index (χ0n) is 13.5. The van der Waals surface area contributed by atoms with Crippen LogP contribution in [0.2, 0.25) is 0 Å². The first-order chi connectivity index (χ1) is 11.5. The topological polar surface area (TPSA) is 82.0 Å². The van der Waals surface area contributed by atoms with E-state index >= 15 is 0 Å². The van der Waals surface area contributed by atoms with Gasteiger partial charge in [-0.05, 0) is 48.4 Å². The van der Waals surface area contributed by atoms with Crippen molar-refractivity contribution in [2.75, 3.05) is 10.6 Å². The summed E-state index contributed by atoms with van der Waals surface area (Å²) in [5.74, 6) is -0.623. The summed E-state index contributed by atoms with van der Waals surface area (Å²) < 4.78 is 0. The maximum atomic E-state index is 12.2.